The van der Waals surface area contributed by atoms with E-state index >= 15 is 0 Å². The first-order valence-electron chi connectivity index (χ1n) is 9.07. The number of ether oxygens (including phenoxy) is 1. The highest BCUT2D eigenvalue weighted by Crippen LogP contribution is 2.25. The molecule has 146 valence electrons. The fourth-order valence-electron chi connectivity index (χ4n) is 3.62. The Morgan fingerprint density at radius 3 is 2.64 bits per heavy atom. The molecule has 9 heteroatoms. The van der Waals surface area contributed by atoms with Crippen molar-refractivity contribution in [2.75, 3.05) is 18.6 Å². The van der Waals surface area contributed by atoms with Gasteiger partial charge in [0.15, 0.2) is 11.2 Å². The van der Waals surface area contributed by atoms with Crippen molar-refractivity contribution in [1.29, 1.82) is 0 Å². The Hall–Kier alpha value is -3.36. The first-order chi connectivity index (χ1) is 13.5. The first-order valence-corrected chi connectivity index (χ1v) is 9.07. The fourth-order valence-corrected chi connectivity index (χ4v) is 3.62. The molecule has 28 heavy (non-hydrogen) atoms. The first kappa shape index (κ1) is 18.0. The van der Waals surface area contributed by atoms with E-state index in [1.54, 1.807) is 7.05 Å². The number of carbonyl (C=O) groups is 1. The molecule has 3 heterocycles. The van der Waals surface area contributed by atoms with E-state index in [0.717, 1.165) is 23.1 Å². The number of benzene rings is 1. The zero-order valence-corrected chi connectivity index (χ0v) is 15.8. The molecule has 0 aliphatic carbocycles. The minimum atomic E-state index is -0.650. The largest absolute Gasteiger partial charge is 0.468 e. The number of hydrogen-bond donors (Lipinski definition) is 0. The van der Waals surface area contributed by atoms with Gasteiger partial charge in [0.2, 0.25) is 5.95 Å². The Morgan fingerprint density at radius 1 is 1.18 bits per heavy atom. The summed E-state index contributed by atoms with van der Waals surface area (Å²) in [7, 11) is 2.77. The van der Waals surface area contributed by atoms with Gasteiger partial charge >= 0.3 is 11.7 Å². The van der Waals surface area contributed by atoms with Crippen molar-refractivity contribution in [3.8, 4) is 0 Å². The summed E-state index contributed by atoms with van der Waals surface area (Å²) in [4.78, 5) is 44.0. The van der Waals surface area contributed by atoms with Gasteiger partial charge in [0.1, 0.15) is 6.54 Å². The molecule has 0 radical (unpaired) electrons. The highest BCUT2D eigenvalue weighted by molar-refractivity contribution is 5.75. The van der Waals surface area contributed by atoms with Crippen molar-refractivity contribution in [3.63, 3.8) is 0 Å². The van der Waals surface area contributed by atoms with Crippen LogP contribution in [0, 0.1) is 0 Å². The van der Waals surface area contributed by atoms with Crippen LogP contribution in [0.25, 0.3) is 11.2 Å². The summed E-state index contributed by atoms with van der Waals surface area (Å²) in [6, 6.07) is 10.0. The third-order valence-electron chi connectivity index (χ3n) is 5.04. The van der Waals surface area contributed by atoms with Crippen molar-refractivity contribution in [2.24, 2.45) is 7.05 Å². The summed E-state index contributed by atoms with van der Waals surface area (Å²) in [5, 5.41) is 0. The second-order valence-electron chi connectivity index (χ2n) is 6.81. The Balaban J connectivity index is 1.86. The quantitative estimate of drug-likeness (QED) is 0.609. The van der Waals surface area contributed by atoms with Crippen LogP contribution in [-0.4, -0.2) is 38.3 Å². The van der Waals surface area contributed by atoms with E-state index in [9.17, 15) is 14.4 Å². The van der Waals surface area contributed by atoms with Crippen molar-refractivity contribution in [2.45, 2.75) is 26.1 Å². The number of hydrogen-bond acceptors (Lipinski definition) is 6. The number of carbonyl (C=O) groups excluding carboxylic acids is 1. The third-order valence-corrected chi connectivity index (χ3v) is 5.04. The van der Waals surface area contributed by atoms with Gasteiger partial charge in [0.25, 0.3) is 5.56 Å². The predicted molar refractivity (Wildman–Crippen MR) is 103 cm³/mol. The molecular formula is C19H21N5O4. The normalized spacial score (nSPS) is 13.6. The molecule has 4 rings (SSSR count). The van der Waals surface area contributed by atoms with Gasteiger partial charge in [0, 0.05) is 26.7 Å². The van der Waals surface area contributed by atoms with E-state index in [0.29, 0.717) is 30.2 Å². The summed E-state index contributed by atoms with van der Waals surface area (Å²) in [6.07, 6.45) is 0.852. The summed E-state index contributed by atoms with van der Waals surface area (Å²) in [6.45, 7) is 1.67. The number of rotatable bonds is 4. The lowest BCUT2D eigenvalue weighted by Crippen LogP contribution is -2.41. The molecule has 0 bridgehead atoms. The number of nitrogens with zero attached hydrogens (tertiary/aromatic N) is 5. The Labute approximate surface area is 160 Å². The van der Waals surface area contributed by atoms with Crippen molar-refractivity contribution in [1.82, 2.24) is 18.7 Å². The second kappa shape index (κ2) is 6.99. The maximum atomic E-state index is 13.0. The van der Waals surface area contributed by atoms with Crippen molar-refractivity contribution >= 4 is 23.1 Å². The zero-order valence-electron chi connectivity index (χ0n) is 15.8. The number of esters is 1. The van der Waals surface area contributed by atoms with E-state index in [4.69, 9.17) is 0 Å². The van der Waals surface area contributed by atoms with E-state index in [-0.39, 0.29) is 0 Å². The molecule has 0 N–H and O–H groups in total. The number of methoxy groups -OCH3 is 1. The molecule has 9 nitrogen and oxygen atoms in total. The molecule has 0 amide bonds. The fraction of sp³-hybridized carbons (Fsp3) is 0.368. The van der Waals surface area contributed by atoms with E-state index < -0.39 is 23.8 Å². The van der Waals surface area contributed by atoms with Crippen LogP contribution >= 0.6 is 0 Å². The van der Waals surface area contributed by atoms with Gasteiger partial charge in [-0.3, -0.25) is 14.2 Å². The average molecular weight is 383 g/mol. The van der Waals surface area contributed by atoms with Crippen LogP contribution in [0.3, 0.4) is 0 Å². The molecule has 3 aromatic rings. The van der Waals surface area contributed by atoms with E-state index in [1.165, 1.54) is 11.7 Å². The maximum Gasteiger partial charge on any atom is 0.333 e. The van der Waals surface area contributed by atoms with Crippen LogP contribution in [0.2, 0.25) is 0 Å². The minimum absolute atomic E-state index is 0.325. The molecule has 1 aliphatic heterocycles. The van der Waals surface area contributed by atoms with Crippen LogP contribution < -0.4 is 16.1 Å². The van der Waals surface area contributed by atoms with E-state index in [2.05, 4.69) is 14.6 Å². The number of aryl methyl sites for hydroxylation is 2. The van der Waals surface area contributed by atoms with Gasteiger partial charge in [-0.2, -0.15) is 4.98 Å². The second-order valence-corrected chi connectivity index (χ2v) is 6.81. The maximum absolute atomic E-state index is 13.0. The summed E-state index contributed by atoms with van der Waals surface area (Å²) in [5.74, 6) is 0.00987. The van der Waals surface area contributed by atoms with Gasteiger partial charge in [-0.25, -0.2) is 9.36 Å². The number of aromatic nitrogens is 4. The monoisotopic (exact) mass is 383 g/mol. The molecule has 2 aromatic heterocycles. The standard InChI is InChI=1S/C19H21N5O4/c1-21-16-15(17(26)24(19(21)27)12-14(25)28-2)23-10-6-9-22(18(23)20-16)11-13-7-4-3-5-8-13/h3-5,7-8H,6,9-12H2,1-2H3. The third kappa shape index (κ3) is 2.88. The van der Waals surface area contributed by atoms with Crippen LogP contribution in [0.15, 0.2) is 39.9 Å². The van der Waals surface area contributed by atoms with Crippen molar-refractivity contribution in [3.05, 3.63) is 56.7 Å². The molecule has 0 fully saturated rings. The lowest BCUT2D eigenvalue weighted by Gasteiger charge is -2.29. The van der Waals surface area contributed by atoms with Gasteiger partial charge in [-0.1, -0.05) is 30.3 Å². The van der Waals surface area contributed by atoms with Crippen molar-refractivity contribution < 1.29 is 9.53 Å². The highest BCUT2D eigenvalue weighted by atomic mass is 16.5. The summed E-state index contributed by atoms with van der Waals surface area (Å²) < 4.78 is 8.67. The number of fused-ring (bicyclic) bond motifs is 3. The minimum Gasteiger partial charge on any atom is -0.468 e. The van der Waals surface area contributed by atoms with Gasteiger partial charge in [-0.15, -0.1) is 0 Å². The summed E-state index contributed by atoms with van der Waals surface area (Å²) in [5.41, 5.74) is 0.682. The molecule has 0 unspecified atom stereocenters. The van der Waals surface area contributed by atoms with Gasteiger partial charge in [0.05, 0.1) is 7.11 Å². The van der Waals surface area contributed by atoms with Gasteiger partial charge in [-0.05, 0) is 12.0 Å². The van der Waals surface area contributed by atoms with E-state index in [1.807, 2.05) is 34.9 Å². The number of anilines is 1. The average Bonchev–Trinajstić information content (AvgIpc) is 3.11. The number of imidazole rings is 1. The van der Waals surface area contributed by atoms with Gasteiger partial charge < -0.3 is 14.2 Å². The summed E-state index contributed by atoms with van der Waals surface area (Å²) >= 11 is 0. The SMILES string of the molecule is COC(=O)Cn1c(=O)c2c(nc3n2CCCN3Cc2ccccc2)n(C)c1=O. The molecule has 0 saturated heterocycles. The Bertz CT molecular complexity index is 1160. The van der Waals surface area contributed by atoms with Crippen LogP contribution in [0.4, 0.5) is 5.95 Å². The molecular weight excluding hydrogens is 362 g/mol. The molecule has 0 spiro atoms. The lowest BCUT2D eigenvalue weighted by molar-refractivity contribution is -0.141. The zero-order chi connectivity index (χ0) is 19.8. The Kier molecular flexibility index (Phi) is 4.50. The predicted octanol–water partition coefficient (Wildman–Crippen LogP) is 0.480. The molecule has 0 saturated carbocycles. The molecule has 1 aliphatic rings. The van der Waals surface area contributed by atoms with Crippen LogP contribution in [0.1, 0.15) is 12.0 Å². The molecule has 0 atom stereocenters. The Morgan fingerprint density at radius 2 is 1.93 bits per heavy atom. The topological polar surface area (TPSA) is 91.4 Å². The smallest absolute Gasteiger partial charge is 0.333 e. The molecule has 1 aromatic carbocycles. The van der Waals surface area contributed by atoms with Crippen LogP contribution in [0.5, 0.6) is 0 Å². The highest BCUT2D eigenvalue weighted by Gasteiger charge is 2.26. The van der Waals surface area contributed by atoms with Crippen LogP contribution in [-0.2, 0) is 36.2 Å². The lowest BCUT2D eigenvalue weighted by atomic mass is 10.2.